The van der Waals surface area contributed by atoms with Crippen LogP contribution in [0, 0.1) is 0 Å². The third-order valence-electron chi connectivity index (χ3n) is 4.00. The molecule has 0 bridgehead atoms. The molecule has 1 fully saturated rings. The standard InChI is InChI=1S/C12H20OSi/c1-14(2,3)12(7-8-12)10-5-4-6-11(13)9-10/h9H,4-8H2,1-3H3. The molecule has 2 aliphatic carbocycles. The van der Waals surface area contributed by atoms with Crippen LogP contribution in [-0.2, 0) is 4.79 Å². The molecule has 1 saturated carbocycles. The van der Waals surface area contributed by atoms with Crippen LogP contribution in [0.2, 0.25) is 24.7 Å². The topological polar surface area (TPSA) is 17.1 Å². The first-order valence-corrected chi connectivity index (χ1v) is 9.20. The lowest BCUT2D eigenvalue weighted by molar-refractivity contribution is -0.115. The normalized spacial score (nSPS) is 25.9. The maximum atomic E-state index is 11.4. The third kappa shape index (κ3) is 1.50. The summed E-state index contributed by atoms with van der Waals surface area (Å²) in [6, 6.07) is 0. The van der Waals surface area contributed by atoms with Crippen LogP contribution in [0.3, 0.4) is 0 Å². The van der Waals surface area contributed by atoms with Crippen molar-refractivity contribution < 1.29 is 4.79 Å². The van der Waals surface area contributed by atoms with Crippen molar-refractivity contribution in [3.05, 3.63) is 11.6 Å². The summed E-state index contributed by atoms with van der Waals surface area (Å²) in [5.41, 5.74) is 1.51. The Hall–Kier alpha value is -0.373. The number of carbonyl (C=O) groups is 1. The van der Waals surface area contributed by atoms with Crippen LogP contribution >= 0.6 is 0 Å². The average molecular weight is 208 g/mol. The second-order valence-electron chi connectivity index (χ2n) is 5.82. The van der Waals surface area contributed by atoms with Crippen molar-refractivity contribution in [3.8, 4) is 0 Å². The van der Waals surface area contributed by atoms with Crippen molar-refractivity contribution in [1.82, 2.24) is 0 Å². The number of hydrogen-bond donors (Lipinski definition) is 0. The van der Waals surface area contributed by atoms with Crippen molar-refractivity contribution in [2.75, 3.05) is 0 Å². The largest absolute Gasteiger partial charge is 0.295 e. The highest BCUT2D eigenvalue weighted by Crippen LogP contribution is 2.67. The van der Waals surface area contributed by atoms with E-state index in [1.165, 1.54) is 24.8 Å². The molecule has 2 heteroatoms. The zero-order valence-electron chi connectivity index (χ0n) is 9.52. The molecule has 0 amide bonds. The molecule has 0 saturated heterocycles. The third-order valence-corrected chi connectivity index (χ3v) is 7.70. The van der Waals surface area contributed by atoms with Crippen molar-refractivity contribution in [1.29, 1.82) is 0 Å². The fourth-order valence-electron chi connectivity index (χ4n) is 2.85. The minimum absolute atomic E-state index is 0.371. The van der Waals surface area contributed by atoms with Gasteiger partial charge in [-0.25, -0.2) is 0 Å². The van der Waals surface area contributed by atoms with Gasteiger partial charge in [0, 0.05) is 6.42 Å². The van der Waals surface area contributed by atoms with Crippen LogP contribution in [0.4, 0.5) is 0 Å². The molecule has 0 aliphatic heterocycles. The smallest absolute Gasteiger partial charge is 0.155 e. The van der Waals surface area contributed by atoms with Gasteiger partial charge in [0.15, 0.2) is 5.78 Å². The van der Waals surface area contributed by atoms with E-state index >= 15 is 0 Å². The predicted octanol–water partition coefficient (Wildman–Crippen LogP) is 3.54. The highest BCUT2D eigenvalue weighted by atomic mass is 28.3. The summed E-state index contributed by atoms with van der Waals surface area (Å²) >= 11 is 0. The van der Waals surface area contributed by atoms with Gasteiger partial charge < -0.3 is 0 Å². The molecule has 0 atom stereocenters. The molecule has 0 N–H and O–H groups in total. The first-order valence-electron chi connectivity index (χ1n) is 5.70. The van der Waals surface area contributed by atoms with E-state index in [9.17, 15) is 4.79 Å². The number of ketones is 1. The van der Waals surface area contributed by atoms with E-state index in [1.807, 2.05) is 6.08 Å². The van der Waals surface area contributed by atoms with Crippen molar-refractivity contribution in [3.63, 3.8) is 0 Å². The maximum Gasteiger partial charge on any atom is 0.155 e. The molecule has 14 heavy (non-hydrogen) atoms. The first-order chi connectivity index (χ1) is 6.46. The average Bonchev–Trinajstić information content (AvgIpc) is 2.82. The second-order valence-corrected chi connectivity index (χ2v) is 11.3. The lowest BCUT2D eigenvalue weighted by atomic mass is 9.95. The lowest BCUT2D eigenvalue weighted by Gasteiger charge is -2.33. The molecule has 2 rings (SSSR count). The minimum atomic E-state index is -1.11. The number of hydrogen-bond acceptors (Lipinski definition) is 1. The Morgan fingerprint density at radius 2 is 1.86 bits per heavy atom. The first kappa shape index (κ1) is 10.2. The van der Waals surface area contributed by atoms with Crippen LogP contribution in [-0.4, -0.2) is 13.9 Å². The number of allylic oxidation sites excluding steroid dienone is 2. The van der Waals surface area contributed by atoms with Crippen LogP contribution in [0.15, 0.2) is 11.6 Å². The zero-order valence-corrected chi connectivity index (χ0v) is 10.5. The molecule has 0 spiro atoms. The monoisotopic (exact) mass is 208 g/mol. The Morgan fingerprint density at radius 3 is 2.29 bits per heavy atom. The van der Waals surface area contributed by atoms with E-state index in [0.717, 1.165) is 12.8 Å². The van der Waals surface area contributed by atoms with Gasteiger partial charge in [-0.15, -0.1) is 0 Å². The predicted molar refractivity (Wildman–Crippen MR) is 62.2 cm³/mol. The lowest BCUT2D eigenvalue weighted by Crippen LogP contribution is -2.32. The van der Waals surface area contributed by atoms with Gasteiger partial charge in [0.05, 0.1) is 8.07 Å². The van der Waals surface area contributed by atoms with Crippen LogP contribution < -0.4 is 0 Å². The molecule has 0 aromatic rings. The van der Waals surface area contributed by atoms with E-state index in [1.54, 1.807) is 0 Å². The van der Waals surface area contributed by atoms with Gasteiger partial charge in [0.1, 0.15) is 0 Å². The molecule has 0 heterocycles. The second kappa shape index (κ2) is 3.06. The molecule has 0 aromatic heterocycles. The Bertz CT molecular complexity index is 292. The van der Waals surface area contributed by atoms with E-state index in [2.05, 4.69) is 19.6 Å². The SMILES string of the molecule is C[Si](C)(C)C1(C2=CC(=O)CCC2)CC1. The number of carbonyl (C=O) groups excluding carboxylic acids is 1. The fraction of sp³-hybridized carbons (Fsp3) is 0.750. The highest BCUT2D eigenvalue weighted by molar-refractivity contribution is 6.80. The molecule has 2 aliphatic rings. The Kier molecular flexibility index (Phi) is 2.22. The molecule has 0 unspecified atom stereocenters. The molecule has 0 radical (unpaired) electrons. The Morgan fingerprint density at radius 1 is 1.21 bits per heavy atom. The van der Waals surface area contributed by atoms with E-state index < -0.39 is 8.07 Å². The maximum absolute atomic E-state index is 11.4. The van der Waals surface area contributed by atoms with E-state index in [4.69, 9.17) is 0 Å². The summed E-state index contributed by atoms with van der Waals surface area (Å²) in [6.45, 7) is 7.33. The quantitative estimate of drug-likeness (QED) is 0.634. The van der Waals surface area contributed by atoms with Gasteiger partial charge in [-0.1, -0.05) is 25.2 Å². The molecule has 0 aromatic carbocycles. The van der Waals surface area contributed by atoms with E-state index in [0.29, 0.717) is 10.8 Å². The summed E-state index contributed by atoms with van der Waals surface area (Å²) in [5.74, 6) is 0.371. The summed E-state index contributed by atoms with van der Waals surface area (Å²) in [4.78, 5) is 11.4. The zero-order chi connectivity index (χ0) is 10.4. The Labute approximate surface area is 87.6 Å². The summed E-state index contributed by atoms with van der Waals surface area (Å²) in [5, 5.41) is 0.517. The Balaban J connectivity index is 2.27. The van der Waals surface area contributed by atoms with Gasteiger partial charge in [-0.3, -0.25) is 4.79 Å². The van der Waals surface area contributed by atoms with Crippen LogP contribution in [0.1, 0.15) is 32.1 Å². The molecular weight excluding hydrogens is 188 g/mol. The fourth-order valence-corrected chi connectivity index (χ4v) is 5.63. The summed E-state index contributed by atoms with van der Waals surface area (Å²) in [7, 11) is -1.11. The minimum Gasteiger partial charge on any atom is -0.295 e. The van der Waals surface area contributed by atoms with Crippen molar-refractivity contribution in [2.45, 2.75) is 56.8 Å². The summed E-state index contributed by atoms with van der Waals surface area (Å²) < 4.78 is 0. The van der Waals surface area contributed by atoms with Gasteiger partial charge in [-0.2, -0.15) is 0 Å². The van der Waals surface area contributed by atoms with Crippen LogP contribution in [0.5, 0.6) is 0 Å². The van der Waals surface area contributed by atoms with Gasteiger partial charge in [-0.05, 0) is 36.8 Å². The number of rotatable bonds is 2. The van der Waals surface area contributed by atoms with Gasteiger partial charge in [0.2, 0.25) is 0 Å². The van der Waals surface area contributed by atoms with E-state index in [-0.39, 0.29) is 0 Å². The highest BCUT2D eigenvalue weighted by Gasteiger charge is 2.55. The van der Waals surface area contributed by atoms with Gasteiger partial charge in [0.25, 0.3) is 0 Å². The molecule has 78 valence electrons. The van der Waals surface area contributed by atoms with Crippen LogP contribution in [0.25, 0.3) is 0 Å². The van der Waals surface area contributed by atoms with Crippen molar-refractivity contribution >= 4 is 13.9 Å². The van der Waals surface area contributed by atoms with Gasteiger partial charge >= 0.3 is 0 Å². The molecular formula is C12H20OSi. The molecule has 1 nitrogen and oxygen atoms in total. The van der Waals surface area contributed by atoms with Crippen molar-refractivity contribution in [2.24, 2.45) is 0 Å². The summed E-state index contributed by atoms with van der Waals surface area (Å²) in [6.07, 6.45) is 7.75.